The van der Waals surface area contributed by atoms with E-state index < -0.39 is 0 Å². The molecule has 1 rings (SSSR count). The first-order chi connectivity index (χ1) is 4.33. The molecular weight excluding hydrogens is 116 g/mol. The molecule has 0 spiro atoms. The molecule has 0 aliphatic heterocycles. The van der Waals surface area contributed by atoms with Crippen LogP contribution in [0.5, 0.6) is 0 Å². The number of nitrogens with one attached hydrogen (secondary N) is 1. The van der Waals surface area contributed by atoms with Crippen LogP contribution in [0.4, 0.5) is 11.6 Å². The summed E-state index contributed by atoms with van der Waals surface area (Å²) in [4.78, 5) is 7.70. The van der Waals surface area contributed by atoms with E-state index in [9.17, 15) is 0 Å². The molecule has 0 amide bonds. The summed E-state index contributed by atoms with van der Waals surface area (Å²) in [5, 5.41) is 2.81. The van der Waals surface area contributed by atoms with Crippen molar-refractivity contribution in [3.05, 3.63) is 12.4 Å². The summed E-state index contributed by atoms with van der Waals surface area (Å²) >= 11 is 0. The number of hydrogen-bond donors (Lipinski definition) is 2. The predicted molar refractivity (Wildman–Crippen MR) is 36.0 cm³/mol. The first-order valence-corrected chi connectivity index (χ1v) is 2.58. The van der Waals surface area contributed by atoms with Crippen LogP contribution in [-0.4, -0.2) is 17.0 Å². The van der Waals surface area contributed by atoms with Crippen LogP contribution in [0.1, 0.15) is 0 Å². The van der Waals surface area contributed by atoms with Crippen molar-refractivity contribution in [2.75, 3.05) is 18.1 Å². The minimum Gasteiger partial charge on any atom is -0.382 e. The molecule has 0 fully saturated rings. The molecule has 9 heavy (non-hydrogen) atoms. The number of rotatable bonds is 1. The van der Waals surface area contributed by atoms with Gasteiger partial charge in [0, 0.05) is 7.05 Å². The zero-order valence-corrected chi connectivity index (χ0v) is 5.13. The Kier molecular flexibility index (Phi) is 1.48. The number of nitrogen functional groups attached to an aromatic ring is 1. The molecule has 0 bridgehead atoms. The second kappa shape index (κ2) is 2.30. The topological polar surface area (TPSA) is 63.8 Å². The van der Waals surface area contributed by atoms with Crippen molar-refractivity contribution in [3.8, 4) is 0 Å². The maximum atomic E-state index is 5.32. The Balaban J connectivity index is 2.94. The van der Waals surface area contributed by atoms with Gasteiger partial charge in [-0.05, 0) is 0 Å². The largest absolute Gasteiger partial charge is 0.382 e. The normalized spacial score (nSPS) is 9.00. The quantitative estimate of drug-likeness (QED) is 0.557. The molecule has 3 N–H and O–H groups in total. The highest BCUT2D eigenvalue weighted by atomic mass is 15.0. The minimum absolute atomic E-state index is 0.432. The van der Waals surface area contributed by atoms with E-state index in [-0.39, 0.29) is 0 Å². The third kappa shape index (κ3) is 1.28. The van der Waals surface area contributed by atoms with Crippen molar-refractivity contribution >= 4 is 11.6 Å². The first kappa shape index (κ1) is 5.81. The number of hydrogen-bond acceptors (Lipinski definition) is 4. The van der Waals surface area contributed by atoms with Crippen LogP contribution >= 0.6 is 0 Å². The average molecular weight is 124 g/mol. The molecule has 0 atom stereocenters. The summed E-state index contributed by atoms with van der Waals surface area (Å²) in [5.74, 6) is 1.12. The van der Waals surface area contributed by atoms with E-state index in [1.165, 1.54) is 6.20 Å². The number of nitrogens with zero attached hydrogens (tertiary/aromatic N) is 2. The fourth-order valence-electron chi connectivity index (χ4n) is 0.502. The second-order valence-corrected chi connectivity index (χ2v) is 1.58. The zero-order chi connectivity index (χ0) is 6.69. The molecule has 1 heterocycles. The van der Waals surface area contributed by atoms with Gasteiger partial charge in [0.1, 0.15) is 11.6 Å². The van der Waals surface area contributed by atoms with Crippen molar-refractivity contribution in [2.45, 2.75) is 0 Å². The van der Waals surface area contributed by atoms with E-state index in [0.717, 1.165) is 0 Å². The number of aromatic nitrogens is 2. The Bertz CT molecular complexity index is 198. The number of anilines is 2. The Morgan fingerprint density at radius 3 is 2.78 bits per heavy atom. The van der Waals surface area contributed by atoms with Gasteiger partial charge in [0.15, 0.2) is 0 Å². The van der Waals surface area contributed by atoms with Gasteiger partial charge in [0.25, 0.3) is 0 Å². The highest BCUT2D eigenvalue weighted by Gasteiger charge is 1.88. The third-order valence-electron chi connectivity index (χ3n) is 0.909. The predicted octanol–water partition coefficient (Wildman–Crippen LogP) is 0.100. The number of nitrogens with two attached hydrogens (primary N) is 1. The summed E-state index contributed by atoms with van der Waals surface area (Å²) in [6.45, 7) is 0. The van der Waals surface area contributed by atoms with Crippen molar-refractivity contribution < 1.29 is 0 Å². The fourth-order valence-corrected chi connectivity index (χ4v) is 0.502. The fraction of sp³-hybridized carbons (Fsp3) is 0.200. The third-order valence-corrected chi connectivity index (χ3v) is 0.909. The van der Waals surface area contributed by atoms with Crippen LogP contribution in [0, 0.1) is 0 Å². The minimum atomic E-state index is 0.432. The lowest BCUT2D eigenvalue weighted by Crippen LogP contribution is -1.96. The van der Waals surface area contributed by atoms with Gasteiger partial charge >= 0.3 is 0 Å². The summed E-state index contributed by atoms with van der Waals surface area (Å²) in [6.07, 6.45) is 3.11. The van der Waals surface area contributed by atoms with Gasteiger partial charge in [0.2, 0.25) is 0 Å². The van der Waals surface area contributed by atoms with Crippen LogP contribution in [-0.2, 0) is 0 Å². The molecule has 48 valence electrons. The summed E-state index contributed by atoms with van der Waals surface area (Å²) in [5.41, 5.74) is 5.32. The van der Waals surface area contributed by atoms with Crippen LogP contribution < -0.4 is 11.1 Å². The van der Waals surface area contributed by atoms with Gasteiger partial charge in [-0.2, -0.15) is 0 Å². The molecular formula is C5H8N4. The average Bonchev–Trinajstić information content (AvgIpc) is 1.88. The van der Waals surface area contributed by atoms with Crippen molar-refractivity contribution in [2.24, 2.45) is 0 Å². The van der Waals surface area contributed by atoms with E-state index in [2.05, 4.69) is 15.3 Å². The Morgan fingerprint density at radius 2 is 2.33 bits per heavy atom. The Hall–Kier alpha value is -1.32. The van der Waals surface area contributed by atoms with Gasteiger partial charge in [-0.1, -0.05) is 0 Å². The first-order valence-electron chi connectivity index (χ1n) is 2.58. The van der Waals surface area contributed by atoms with Crippen LogP contribution in [0.3, 0.4) is 0 Å². The SMILES string of the molecule is CNc1cncc(N)n1. The molecule has 0 aromatic carbocycles. The lowest BCUT2D eigenvalue weighted by Gasteiger charge is -1.96. The van der Waals surface area contributed by atoms with Crippen molar-refractivity contribution in [1.29, 1.82) is 0 Å². The van der Waals surface area contributed by atoms with E-state index in [4.69, 9.17) is 5.73 Å². The van der Waals surface area contributed by atoms with Gasteiger partial charge in [0.05, 0.1) is 12.4 Å². The van der Waals surface area contributed by atoms with Gasteiger partial charge in [-0.25, -0.2) is 4.98 Å². The molecule has 1 aromatic heterocycles. The molecule has 0 saturated heterocycles. The zero-order valence-electron chi connectivity index (χ0n) is 5.13. The van der Waals surface area contributed by atoms with E-state index in [1.54, 1.807) is 13.2 Å². The Labute approximate surface area is 53.1 Å². The molecule has 4 heteroatoms. The molecule has 0 unspecified atom stereocenters. The van der Waals surface area contributed by atoms with E-state index >= 15 is 0 Å². The molecule has 0 radical (unpaired) electrons. The van der Waals surface area contributed by atoms with Gasteiger partial charge < -0.3 is 11.1 Å². The van der Waals surface area contributed by atoms with Crippen LogP contribution in [0.25, 0.3) is 0 Å². The van der Waals surface area contributed by atoms with Crippen molar-refractivity contribution in [1.82, 2.24) is 9.97 Å². The monoisotopic (exact) mass is 124 g/mol. The highest BCUT2D eigenvalue weighted by Crippen LogP contribution is 1.99. The van der Waals surface area contributed by atoms with Crippen molar-refractivity contribution in [3.63, 3.8) is 0 Å². The second-order valence-electron chi connectivity index (χ2n) is 1.58. The maximum Gasteiger partial charge on any atom is 0.146 e. The van der Waals surface area contributed by atoms with E-state index in [1.807, 2.05) is 0 Å². The molecule has 0 saturated carbocycles. The standard InChI is InChI=1S/C5H8N4/c1-7-5-3-8-2-4(6)9-5/h2-3H,1H3,(H3,6,7,9). The summed E-state index contributed by atoms with van der Waals surface area (Å²) in [7, 11) is 1.77. The Morgan fingerprint density at radius 1 is 1.56 bits per heavy atom. The summed E-state index contributed by atoms with van der Waals surface area (Å²) in [6, 6.07) is 0. The maximum absolute atomic E-state index is 5.32. The molecule has 1 aromatic rings. The molecule has 4 nitrogen and oxygen atoms in total. The lowest BCUT2D eigenvalue weighted by atomic mass is 10.6. The van der Waals surface area contributed by atoms with Crippen LogP contribution in [0.15, 0.2) is 12.4 Å². The lowest BCUT2D eigenvalue weighted by molar-refractivity contribution is 1.20. The molecule has 0 aliphatic rings. The van der Waals surface area contributed by atoms with Gasteiger partial charge in [-0.3, -0.25) is 4.98 Å². The van der Waals surface area contributed by atoms with Crippen LogP contribution in [0.2, 0.25) is 0 Å². The highest BCUT2D eigenvalue weighted by molar-refractivity contribution is 5.37. The smallest absolute Gasteiger partial charge is 0.146 e. The van der Waals surface area contributed by atoms with Gasteiger partial charge in [-0.15, -0.1) is 0 Å². The summed E-state index contributed by atoms with van der Waals surface area (Å²) < 4.78 is 0. The molecule has 0 aliphatic carbocycles. The van der Waals surface area contributed by atoms with E-state index in [0.29, 0.717) is 11.6 Å².